The van der Waals surface area contributed by atoms with Gasteiger partial charge in [-0.15, -0.1) is 22.7 Å². The summed E-state index contributed by atoms with van der Waals surface area (Å²) in [6.07, 6.45) is 3.99. The van der Waals surface area contributed by atoms with Crippen molar-refractivity contribution in [3.63, 3.8) is 0 Å². The van der Waals surface area contributed by atoms with E-state index in [-0.39, 0.29) is 98.9 Å². The number of methoxy groups -OCH3 is 2. The van der Waals surface area contributed by atoms with Crippen molar-refractivity contribution in [2.45, 2.75) is 177 Å². The van der Waals surface area contributed by atoms with Crippen molar-refractivity contribution in [1.82, 2.24) is 50.3 Å². The molecule has 806 valence electrons. The van der Waals surface area contributed by atoms with Crippen LogP contribution in [0.4, 0.5) is 27.4 Å². The van der Waals surface area contributed by atoms with Gasteiger partial charge in [0.25, 0.3) is 0 Å². The van der Waals surface area contributed by atoms with Crippen LogP contribution >= 0.6 is 45.9 Å². The van der Waals surface area contributed by atoms with E-state index in [9.17, 15) is 33.2 Å². The Morgan fingerprint density at radius 2 is 0.912 bits per heavy atom. The average molecular weight is 2130 g/mol. The third kappa shape index (κ3) is 39.5. The van der Waals surface area contributed by atoms with Crippen molar-refractivity contribution in [3.8, 4) is 43.9 Å². The Hall–Kier alpha value is -10.9. The number of benzene rings is 6. The number of aromatic nitrogens is 6. The fourth-order valence-corrected chi connectivity index (χ4v) is 17.7. The van der Waals surface area contributed by atoms with Crippen LogP contribution < -0.4 is 45.9 Å². The van der Waals surface area contributed by atoms with Crippen LogP contribution in [0.25, 0.3) is 42.7 Å². The molecule has 7 N–H and O–H groups in total. The molecule has 4 amide bonds. The predicted octanol–water partition coefficient (Wildman–Crippen LogP) is 16.1. The Kier molecular flexibility index (Phi) is 47.9. The molecule has 148 heavy (non-hydrogen) atoms. The molecule has 12 rings (SSSR count). The first-order chi connectivity index (χ1) is 70.7. The highest BCUT2D eigenvalue weighted by Gasteiger charge is 2.47. The van der Waals surface area contributed by atoms with Gasteiger partial charge in [-0.1, -0.05) is 119 Å². The number of aryl methyl sites for hydroxylation is 3. The Morgan fingerprint density at radius 3 is 1.32 bits per heavy atom. The number of likely N-dealkylation sites (tertiary alicyclic amines) is 2. The average Bonchev–Trinajstić information content (AvgIpc) is 1.54. The molecule has 41 heteroatoms. The number of carboxylic acids is 1. The van der Waals surface area contributed by atoms with Crippen LogP contribution in [0.15, 0.2) is 139 Å². The number of amides is 4. The first kappa shape index (κ1) is 119. The Balaban J connectivity index is 0.000000253. The molecular formula is C107H142Cl2FN13O23S2. The molecular weight excluding hydrogens is 1990 g/mol. The maximum Gasteiger partial charge on any atom is 0.329 e. The van der Waals surface area contributed by atoms with Gasteiger partial charge in [0.05, 0.1) is 217 Å². The van der Waals surface area contributed by atoms with Gasteiger partial charge in [-0.3, -0.25) is 24.0 Å². The number of rotatable bonds is 56. The predicted molar refractivity (Wildman–Crippen MR) is 566 cm³/mol. The molecule has 36 nitrogen and oxygen atoms in total. The number of anilines is 4. The van der Waals surface area contributed by atoms with Crippen LogP contribution in [-0.4, -0.2) is 300 Å². The number of ketones is 1. The largest absolute Gasteiger partial charge is 0.493 e. The van der Waals surface area contributed by atoms with Crippen LogP contribution in [0.1, 0.15) is 125 Å². The highest BCUT2D eigenvalue weighted by molar-refractivity contribution is 7.13. The lowest BCUT2D eigenvalue weighted by Gasteiger charge is -2.35. The van der Waals surface area contributed by atoms with Gasteiger partial charge in [-0.2, -0.15) is 0 Å². The van der Waals surface area contributed by atoms with Crippen molar-refractivity contribution in [1.29, 1.82) is 0 Å². The second-order valence-electron chi connectivity index (χ2n) is 39.0. The quantitative estimate of drug-likeness (QED) is 0.0193. The van der Waals surface area contributed by atoms with E-state index in [2.05, 4.69) is 63.3 Å². The zero-order valence-electron chi connectivity index (χ0n) is 87.3. The summed E-state index contributed by atoms with van der Waals surface area (Å²) in [6.45, 7) is 34.5. The zero-order valence-corrected chi connectivity index (χ0v) is 90.4. The number of nitrogens with two attached hydrogens (primary N) is 1. The van der Waals surface area contributed by atoms with E-state index < -0.39 is 58.3 Å². The van der Waals surface area contributed by atoms with Crippen molar-refractivity contribution in [2.24, 2.45) is 16.6 Å². The van der Waals surface area contributed by atoms with E-state index >= 15 is 0 Å². The molecule has 6 aromatic carbocycles. The summed E-state index contributed by atoms with van der Waals surface area (Å²) in [7, 11) is 3.12. The maximum absolute atomic E-state index is 14.4. The molecule has 0 spiro atoms. The number of aliphatic carboxylic acids is 1. The summed E-state index contributed by atoms with van der Waals surface area (Å²) in [4.78, 5) is 110. The molecule has 0 bridgehead atoms. The number of thiazole rings is 2. The van der Waals surface area contributed by atoms with Gasteiger partial charge < -0.3 is 118 Å². The van der Waals surface area contributed by atoms with E-state index in [1.165, 1.54) is 24.8 Å². The maximum atomic E-state index is 14.4. The highest BCUT2D eigenvalue weighted by atomic mass is 35.5. The number of hydrogen-bond acceptors (Lipinski definition) is 33. The smallest absolute Gasteiger partial charge is 0.329 e. The van der Waals surface area contributed by atoms with Crippen molar-refractivity contribution < 1.29 is 114 Å². The minimum atomic E-state index is -1.00. The Morgan fingerprint density at radius 1 is 0.486 bits per heavy atom. The van der Waals surface area contributed by atoms with Crippen LogP contribution in [0.5, 0.6) is 23.0 Å². The number of ether oxygens (including phenoxy) is 16. The number of halogens is 3. The molecule has 6 atom stereocenters. The number of carboxylic acid groups (broad SMARTS) is 1. The van der Waals surface area contributed by atoms with Crippen molar-refractivity contribution in [3.05, 3.63) is 177 Å². The standard InChI is InChI=1S/C54H70ClFN6O11S.C27H34ClN3O9.C26H38N4O3S/c1-35-49(74-34-59-35)37-12-9-36(10-13-37)11-16-45(63)44-28-39(73-54(5,6)7)31-62(44)52(65)50(53(2,3)4)61-48(64)32-71-24-23-69-20-19-67-17-18-68-21-22-70-25-26-72-47-29-40-43(30-46(47)66-8)57-33-58-51(40)60-38-14-15-42(56)41(55)27-38;1-34-24-17-23-22(27(30-19-29-23)31-21-4-2-3-20(28)15-21)16-25(24)40-14-13-38-10-9-36-6-5-35-7-8-37-11-12-39-18-26(32)33;1-16-21(34-15-29-16)18-10-8-17(9-11-18)13-28-23(31)20-12-19(33-26(5,6)7)14-30(20)24(32)22(27)25(2,3)4/h9-10,12-15,27,29-30,33-34,39,44,50H,11,16-26,28,31-32H2,1-8H3,(H,61,64)(H,57,58,60);2-4,15-17,19H,5-14,18H2,1H3,(H,32,33)(H,29,30,31);8-11,15,19-20,22H,12-14,27H2,1-7H3,(H,28,31)/t39-,44+,50-;;19-,20+,22-/m1.1/s1. The summed E-state index contributed by atoms with van der Waals surface area (Å²) in [5.41, 5.74) is 17.0. The fraction of sp³-hybridized carbons (Fsp3) is 0.514. The number of Topliss-reactive ketones (excluding diaryl/α,β-unsaturated/α-hetero) is 1. The highest BCUT2D eigenvalue weighted by Crippen LogP contribution is 2.40. The van der Waals surface area contributed by atoms with E-state index in [1.54, 1.807) is 77.0 Å². The molecule has 0 unspecified atom stereocenters. The normalized spacial score (nSPS) is 15.2. The minimum absolute atomic E-state index is 0.0108. The Labute approximate surface area is 882 Å². The second kappa shape index (κ2) is 59.6. The van der Waals surface area contributed by atoms with Crippen molar-refractivity contribution >= 4 is 126 Å². The summed E-state index contributed by atoms with van der Waals surface area (Å²) >= 11 is 15.3. The zero-order chi connectivity index (χ0) is 107. The fourth-order valence-electron chi connectivity index (χ4n) is 15.7. The van der Waals surface area contributed by atoms with Gasteiger partial charge in [0.1, 0.15) is 68.6 Å². The van der Waals surface area contributed by atoms with Gasteiger partial charge in [0, 0.05) is 78.2 Å². The molecule has 2 aliphatic rings. The molecule has 2 fully saturated rings. The van der Waals surface area contributed by atoms with Crippen LogP contribution in [-0.2, 0) is 98.6 Å². The third-order valence-corrected chi connectivity index (χ3v) is 25.5. The van der Waals surface area contributed by atoms with Gasteiger partial charge in [0.2, 0.25) is 23.6 Å². The summed E-state index contributed by atoms with van der Waals surface area (Å²) in [5, 5.41) is 22.8. The molecule has 0 aliphatic carbocycles. The number of fused-ring (bicyclic) bond motifs is 2. The van der Waals surface area contributed by atoms with Gasteiger partial charge in [0.15, 0.2) is 28.8 Å². The lowest BCUT2D eigenvalue weighted by atomic mass is 9.85. The first-order valence-electron chi connectivity index (χ1n) is 49.2. The van der Waals surface area contributed by atoms with Crippen LogP contribution in [0.2, 0.25) is 10.0 Å². The summed E-state index contributed by atoms with van der Waals surface area (Å²) in [5.74, 6) is 0.454. The number of carbonyl (C=O) groups excluding carboxylic acids is 5. The Bertz CT molecular complexity index is 5850. The molecule has 2 saturated heterocycles. The first-order valence-corrected chi connectivity index (χ1v) is 51.7. The van der Waals surface area contributed by atoms with E-state index in [4.69, 9.17) is 110 Å². The van der Waals surface area contributed by atoms with Gasteiger partial charge in [-0.05, 0) is 143 Å². The summed E-state index contributed by atoms with van der Waals surface area (Å²) in [6, 6.07) is 32.2. The topological polar surface area (TPSA) is 428 Å². The SMILES string of the molecule is COc1cc2ncnc(Nc3ccc(F)c(Cl)c3)c2cc1OCCOCCOCCOCCOCCOCC(=O)N[C@H](C(=O)N1C[C@H](OC(C)(C)C)C[C@H]1C(=O)CCc1ccc(-c2scnc2C)cc1)C(C)(C)C.COc1cc2ncnc(Nc3cccc(Cl)c3)c2cc1OCCOCCOCCOCCOCCOCC(=O)O.Cc1ncsc1-c1ccc(CNC(=O)[C@@H]2C[C@@H](OC(C)(C)C)CN2C(=O)[C@@H](N)C(C)(C)C)cc1. The lowest BCUT2D eigenvalue weighted by molar-refractivity contribution is -0.144. The molecule has 6 heterocycles. The molecule has 0 radical (unpaired) electrons. The van der Waals surface area contributed by atoms with E-state index in [0.29, 0.717) is 200 Å². The lowest BCUT2D eigenvalue weighted by Crippen LogP contribution is -2.57. The van der Waals surface area contributed by atoms with E-state index in [1.807, 2.05) is 169 Å². The second-order valence-corrected chi connectivity index (χ2v) is 41.5. The molecule has 2 aliphatic heterocycles. The van der Waals surface area contributed by atoms with E-state index in [0.717, 1.165) is 54.5 Å². The molecule has 4 aromatic heterocycles. The van der Waals surface area contributed by atoms with Crippen molar-refractivity contribution in [2.75, 3.05) is 183 Å². The minimum Gasteiger partial charge on any atom is -0.493 e. The molecule has 0 saturated carbocycles. The number of nitrogens with one attached hydrogen (secondary N) is 4. The summed E-state index contributed by atoms with van der Waals surface area (Å²) < 4.78 is 104. The number of nitrogens with zero attached hydrogens (tertiary/aromatic N) is 8. The third-order valence-electron chi connectivity index (χ3n) is 23.0. The monoisotopic (exact) mass is 2130 g/mol. The number of carbonyl (C=O) groups is 6. The molecule has 10 aromatic rings. The van der Waals surface area contributed by atoms with Crippen LogP contribution in [0.3, 0.4) is 0 Å². The van der Waals surface area contributed by atoms with Crippen LogP contribution in [0, 0.1) is 30.5 Å². The van der Waals surface area contributed by atoms with Gasteiger partial charge >= 0.3 is 5.97 Å². The number of hydrogen-bond donors (Lipinski definition) is 6. The van der Waals surface area contributed by atoms with Gasteiger partial charge in [-0.25, -0.2) is 39.1 Å².